The summed E-state index contributed by atoms with van der Waals surface area (Å²) in [4.78, 5) is 11.4. The van der Waals surface area contributed by atoms with Crippen LogP contribution in [0.5, 0.6) is 0 Å². The minimum absolute atomic E-state index is 0.128. The van der Waals surface area contributed by atoms with Gasteiger partial charge in [-0.2, -0.15) is 0 Å². The first-order valence-electron chi connectivity index (χ1n) is 6.02. The summed E-state index contributed by atoms with van der Waals surface area (Å²) in [7, 11) is 0. The van der Waals surface area contributed by atoms with Gasteiger partial charge >= 0.3 is 5.97 Å². The third-order valence-corrected chi connectivity index (χ3v) is 2.81. The Hall–Kier alpha value is -1.51. The van der Waals surface area contributed by atoms with Crippen molar-refractivity contribution in [2.45, 2.75) is 27.7 Å². The minimum atomic E-state index is -0.149. The Morgan fingerprint density at radius 1 is 1.35 bits per heavy atom. The molecule has 0 radical (unpaired) electrons. The van der Waals surface area contributed by atoms with Crippen molar-refractivity contribution in [3.8, 4) is 0 Å². The molecule has 0 heterocycles. The summed E-state index contributed by atoms with van der Waals surface area (Å²) in [5.41, 5.74) is 3.57. The minimum Gasteiger partial charge on any atom is -0.466 e. The molecule has 3 nitrogen and oxygen atoms in total. The molecular weight excluding hydrogens is 214 g/mol. The van der Waals surface area contributed by atoms with Crippen molar-refractivity contribution >= 4 is 11.7 Å². The van der Waals surface area contributed by atoms with Crippen LogP contribution in [0, 0.1) is 19.8 Å². The van der Waals surface area contributed by atoms with E-state index in [1.54, 1.807) is 0 Å². The highest BCUT2D eigenvalue weighted by atomic mass is 16.5. The molecule has 94 valence electrons. The van der Waals surface area contributed by atoms with Crippen molar-refractivity contribution in [2.24, 2.45) is 5.92 Å². The molecule has 0 amide bonds. The number of esters is 1. The smallest absolute Gasteiger partial charge is 0.310 e. The predicted molar refractivity (Wildman–Crippen MR) is 70.2 cm³/mol. The molecule has 0 fully saturated rings. The van der Waals surface area contributed by atoms with E-state index in [1.165, 1.54) is 11.1 Å². The van der Waals surface area contributed by atoms with E-state index in [4.69, 9.17) is 4.74 Å². The second-order valence-corrected chi connectivity index (χ2v) is 4.33. The molecule has 1 rings (SSSR count). The van der Waals surface area contributed by atoms with Gasteiger partial charge in [0, 0.05) is 12.2 Å². The lowest BCUT2D eigenvalue weighted by atomic mass is 10.1. The van der Waals surface area contributed by atoms with Crippen LogP contribution in [0.15, 0.2) is 18.2 Å². The average molecular weight is 235 g/mol. The Morgan fingerprint density at radius 2 is 2.06 bits per heavy atom. The maximum absolute atomic E-state index is 11.4. The zero-order valence-electron chi connectivity index (χ0n) is 11.0. The number of aryl methyl sites for hydroxylation is 2. The van der Waals surface area contributed by atoms with Crippen molar-refractivity contribution in [1.82, 2.24) is 0 Å². The summed E-state index contributed by atoms with van der Waals surface area (Å²) >= 11 is 0. The molecule has 1 aromatic rings. The fourth-order valence-electron chi connectivity index (χ4n) is 1.49. The van der Waals surface area contributed by atoms with Crippen LogP contribution in [0.3, 0.4) is 0 Å². The highest BCUT2D eigenvalue weighted by Crippen LogP contribution is 2.14. The van der Waals surface area contributed by atoms with Crippen molar-refractivity contribution < 1.29 is 9.53 Å². The van der Waals surface area contributed by atoms with Crippen LogP contribution in [0.25, 0.3) is 0 Å². The number of hydrogen-bond acceptors (Lipinski definition) is 3. The molecule has 0 bridgehead atoms. The topological polar surface area (TPSA) is 38.3 Å². The average Bonchev–Trinajstić information content (AvgIpc) is 2.30. The fourth-order valence-corrected chi connectivity index (χ4v) is 1.49. The van der Waals surface area contributed by atoms with E-state index in [1.807, 2.05) is 19.9 Å². The summed E-state index contributed by atoms with van der Waals surface area (Å²) in [6, 6.07) is 6.19. The number of carbonyl (C=O) groups excluding carboxylic acids is 1. The number of ether oxygens (including phenoxy) is 1. The van der Waals surface area contributed by atoms with Gasteiger partial charge in [0.1, 0.15) is 0 Å². The standard InChI is InChI=1S/C14H21NO2/c1-5-17-14(16)12(4)9-15-13-7-6-10(2)11(3)8-13/h6-8,12,15H,5,9H2,1-4H3. The van der Waals surface area contributed by atoms with Gasteiger partial charge in [0.15, 0.2) is 0 Å². The first-order valence-corrected chi connectivity index (χ1v) is 6.02. The molecule has 0 aliphatic heterocycles. The summed E-state index contributed by atoms with van der Waals surface area (Å²) in [6.45, 7) is 8.89. The van der Waals surface area contributed by atoms with E-state index in [-0.39, 0.29) is 11.9 Å². The van der Waals surface area contributed by atoms with Crippen LogP contribution in [-0.4, -0.2) is 19.1 Å². The van der Waals surface area contributed by atoms with Crippen LogP contribution >= 0.6 is 0 Å². The predicted octanol–water partition coefficient (Wildman–Crippen LogP) is 2.91. The Bertz CT molecular complexity index is 388. The summed E-state index contributed by atoms with van der Waals surface area (Å²) in [5.74, 6) is -0.277. The number of anilines is 1. The third kappa shape index (κ3) is 4.10. The number of hydrogen-bond donors (Lipinski definition) is 1. The van der Waals surface area contributed by atoms with E-state index in [9.17, 15) is 4.79 Å². The normalized spacial score (nSPS) is 12.0. The number of rotatable bonds is 5. The molecule has 1 N–H and O–H groups in total. The zero-order valence-corrected chi connectivity index (χ0v) is 11.0. The van der Waals surface area contributed by atoms with Crippen LogP contribution < -0.4 is 5.32 Å². The molecule has 0 aliphatic carbocycles. The molecule has 0 aromatic heterocycles. The quantitative estimate of drug-likeness (QED) is 0.797. The fraction of sp³-hybridized carbons (Fsp3) is 0.500. The molecule has 0 saturated heterocycles. The van der Waals surface area contributed by atoms with Crippen LogP contribution in [0.2, 0.25) is 0 Å². The van der Waals surface area contributed by atoms with Crippen LogP contribution in [-0.2, 0) is 9.53 Å². The van der Waals surface area contributed by atoms with E-state index in [0.29, 0.717) is 13.2 Å². The maximum atomic E-state index is 11.4. The number of nitrogens with one attached hydrogen (secondary N) is 1. The lowest BCUT2D eigenvalue weighted by molar-refractivity contribution is -0.146. The zero-order chi connectivity index (χ0) is 12.8. The van der Waals surface area contributed by atoms with Crippen molar-refractivity contribution in [3.05, 3.63) is 29.3 Å². The highest BCUT2D eigenvalue weighted by molar-refractivity contribution is 5.72. The summed E-state index contributed by atoms with van der Waals surface area (Å²) < 4.78 is 4.96. The van der Waals surface area contributed by atoms with E-state index in [0.717, 1.165) is 5.69 Å². The number of benzene rings is 1. The molecular formula is C14H21NO2. The Balaban J connectivity index is 2.50. The molecule has 0 aliphatic rings. The molecule has 1 unspecified atom stereocenters. The van der Waals surface area contributed by atoms with Crippen LogP contribution in [0.1, 0.15) is 25.0 Å². The van der Waals surface area contributed by atoms with E-state index in [2.05, 4.69) is 31.3 Å². The van der Waals surface area contributed by atoms with Crippen molar-refractivity contribution in [1.29, 1.82) is 0 Å². The van der Waals surface area contributed by atoms with Gasteiger partial charge in [0.25, 0.3) is 0 Å². The Labute approximate surface area is 103 Å². The molecule has 17 heavy (non-hydrogen) atoms. The Morgan fingerprint density at radius 3 is 2.65 bits per heavy atom. The largest absolute Gasteiger partial charge is 0.466 e. The monoisotopic (exact) mass is 235 g/mol. The SMILES string of the molecule is CCOC(=O)C(C)CNc1ccc(C)c(C)c1. The second-order valence-electron chi connectivity index (χ2n) is 4.33. The van der Waals surface area contributed by atoms with Gasteiger partial charge in [-0.3, -0.25) is 4.79 Å². The van der Waals surface area contributed by atoms with Gasteiger partial charge in [-0.1, -0.05) is 13.0 Å². The van der Waals surface area contributed by atoms with Crippen molar-refractivity contribution in [2.75, 3.05) is 18.5 Å². The summed E-state index contributed by atoms with van der Waals surface area (Å²) in [6.07, 6.45) is 0. The number of carbonyl (C=O) groups is 1. The third-order valence-electron chi connectivity index (χ3n) is 2.81. The Kier molecular flexibility index (Phi) is 5.01. The molecule has 0 spiro atoms. The lowest BCUT2D eigenvalue weighted by Gasteiger charge is -2.13. The van der Waals surface area contributed by atoms with Gasteiger partial charge < -0.3 is 10.1 Å². The first kappa shape index (κ1) is 13.6. The van der Waals surface area contributed by atoms with E-state index < -0.39 is 0 Å². The highest BCUT2D eigenvalue weighted by Gasteiger charge is 2.13. The molecule has 0 saturated carbocycles. The molecule has 1 aromatic carbocycles. The lowest BCUT2D eigenvalue weighted by Crippen LogP contribution is -2.22. The maximum Gasteiger partial charge on any atom is 0.310 e. The van der Waals surface area contributed by atoms with E-state index >= 15 is 0 Å². The van der Waals surface area contributed by atoms with Crippen LogP contribution in [0.4, 0.5) is 5.69 Å². The van der Waals surface area contributed by atoms with Gasteiger partial charge in [0.05, 0.1) is 12.5 Å². The van der Waals surface area contributed by atoms with Gasteiger partial charge in [0.2, 0.25) is 0 Å². The van der Waals surface area contributed by atoms with Gasteiger partial charge in [-0.25, -0.2) is 0 Å². The first-order chi connectivity index (χ1) is 8.04. The molecule has 1 atom stereocenters. The van der Waals surface area contributed by atoms with Gasteiger partial charge in [-0.05, 0) is 44.0 Å². The molecule has 3 heteroatoms. The summed E-state index contributed by atoms with van der Waals surface area (Å²) in [5, 5.41) is 3.25. The van der Waals surface area contributed by atoms with Gasteiger partial charge in [-0.15, -0.1) is 0 Å². The second kappa shape index (κ2) is 6.28. The van der Waals surface area contributed by atoms with Crippen molar-refractivity contribution in [3.63, 3.8) is 0 Å².